The first-order valence-electron chi connectivity index (χ1n) is 5.16. The van der Waals surface area contributed by atoms with Gasteiger partial charge in [0.1, 0.15) is 10.3 Å². The van der Waals surface area contributed by atoms with Crippen LogP contribution in [-0.2, 0) is 6.42 Å². The molecule has 0 aliphatic carbocycles. The second kappa shape index (κ2) is 5.30. The van der Waals surface area contributed by atoms with Crippen LogP contribution in [0, 0.1) is 3.57 Å². The van der Waals surface area contributed by atoms with E-state index in [0.29, 0.717) is 10.3 Å². The van der Waals surface area contributed by atoms with Crippen molar-refractivity contribution >= 4 is 38.5 Å². The normalized spacial score (nSPS) is 10.5. The fraction of sp³-hybridized carbons (Fsp3) is 0.167. The molecule has 0 saturated carbocycles. The van der Waals surface area contributed by atoms with Crippen LogP contribution in [0.1, 0.15) is 12.6 Å². The number of H-pyrrole nitrogens is 1. The summed E-state index contributed by atoms with van der Waals surface area (Å²) in [5.41, 5.74) is 1.57. The van der Waals surface area contributed by atoms with Crippen LogP contribution in [0.3, 0.4) is 0 Å². The van der Waals surface area contributed by atoms with Crippen LogP contribution < -0.4 is 5.56 Å². The third kappa shape index (κ3) is 2.77. The number of nitrogens with zero attached hydrogens (tertiary/aromatic N) is 1. The van der Waals surface area contributed by atoms with Crippen molar-refractivity contribution in [1.82, 2.24) is 9.97 Å². The second-order valence-electron chi connectivity index (χ2n) is 3.54. The van der Waals surface area contributed by atoms with Crippen LogP contribution in [0.25, 0.3) is 11.4 Å². The summed E-state index contributed by atoms with van der Waals surface area (Å²) in [5.74, 6) is 0.619. The van der Waals surface area contributed by atoms with Gasteiger partial charge in [0.15, 0.2) is 0 Å². The molecule has 2 aromatic rings. The lowest BCUT2D eigenvalue weighted by atomic mass is 10.2. The fourth-order valence-corrected chi connectivity index (χ4v) is 2.52. The summed E-state index contributed by atoms with van der Waals surface area (Å²) < 4.78 is 1.64. The Morgan fingerprint density at radius 2 is 2.24 bits per heavy atom. The van der Waals surface area contributed by atoms with Gasteiger partial charge in [-0.05, 0) is 57.1 Å². The van der Waals surface area contributed by atoms with Crippen molar-refractivity contribution in [3.05, 3.63) is 48.4 Å². The lowest BCUT2D eigenvalue weighted by molar-refractivity contribution is 0.970. The van der Waals surface area contributed by atoms with Gasteiger partial charge in [0.25, 0.3) is 5.56 Å². The highest BCUT2D eigenvalue weighted by molar-refractivity contribution is 14.1. The van der Waals surface area contributed by atoms with E-state index in [1.807, 2.05) is 31.2 Å². The lowest BCUT2D eigenvalue weighted by Crippen LogP contribution is -2.13. The lowest BCUT2D eigenvalue weighted by Gasteiger charge is -2.05. The molecule has 0 saturated heterocycles. The number of aromatic amines is 1. The number of nitrogens with one attached hydrogen (secondary N) is 1. The first-order valence-corrected chi connectivity index (χ1v) is 7.03. The summed E-state index contributed by atoms with van der Waals surface area (Å²) in [5, 5.41) is 0. The minimum atomic E-state index is -0.134. The topological polar surface area (TPSA) is 45.8 Å². The molecule has 2 rings (SSSR count). The van der Waals surface area contributed by atoms with Crippen molar-refractivity contribution in [2.24, 2.45) is 0 Å². The molecule has 1 heterocycles. The zero-order chi connectivity index (χ0) is 12.4. The number of rotatable bonds is 2. The Hall–Kier alpha value is -0.690. The van der Waals surface area contributed by atoms with Gasteiger partial charge in [0.05, 0.1) is 5.69 Å². The van der Waals surface area contributed by atoms with Crippen LogP contribution >= 0.6 is 38.5 Å². The summed E-state index contributed by atoms with van der Waals surface area (Å²) in [6.07, 6.45) is 0.724. The first-order chi connectivity index (χ1) is 8.11. The molecule has 3 nitrogen and oxygen atoms in total. The maximum atomic E-state index is 11.7. The molecule has 0 unspecified atom stereocenters. The van der Waals surface area contributed by atoms with Gasteiger partial charge >= 0.3 is 0 Å². The molecular weight excluding hydrogens is 395 g/mol. The van der Waals surface area contributed by atoms with Gasteiger partial charge in [-0.1, -0.05) is 19.1 Å². The molecule has 5 heteroatoms. The van der Waals surface area contributed by atoms with Crippen LogP contribution in [-0.4, -0.2) is 9.97 Å². The van der Waals surface area contributed by atoms with E-state index < -0.39 is 0 Å². The third-order valence-corrected chi connectivity index (χ3v) is 3.85. The minimum absolute atomic E-state index is 0.134. The number of benzene rings is 1. The number of halogens is 2. The molecule has 88 valence electrons. The highest BCUT2D eigenvalue weighted by Crippen LogP contribution is 2.19. The van der Waals surface area contributed by atoms with E-state index in [4.69, 9.17) is 0 Å². The minimum Gasteiger partial charge on any atom is -0.306 e. The summed E-state index contributed by atoms with van der Waals surface area (Å²) in [6.45, 7) is 1.98. The quantitative estimate of drug-likeness (QED) is 0.780. The molecule has 1 aromatic carbocycles. The maximum Gasteiger partial charge on any atom is 0.265 e. The van der Waals surface area contributed by atoms with Crippen LogP contribution in [0.4, 0.5) is 0 Å². The smallest absolute Gasteiger partial charge is 0.265 e. The van der Waals surface area contributed by atoms with E-state index in [9.17, 15) is 4.79 Å². The zero-order valence-electron chi connectivity index (χ0n) is 9.13. The van der Waals surface area contributed by atoms with E-state index >= 15 is 0 Å². The molecule has 1 aromatic heterocycles. The van der Waals surface area contributed by atoms with E-state index in [1.54, 1.807) is 0 Å². The van der Waals surface area contributed by atoms with Gasteiger partial charge < -0.3 is 4.98 Å². The largest absolute Gasteiger partial charge is 0.306 e. The molecule has 0 fully saturated rings. The Morgan fingerprint density at radius 3 is 2.88 bits per heavy atom. The van der Waals surface area contributed by atoms with Gasteiger partial charge in [0, 0.05) is 9.13 Å². The highest BCUT2D eigenvalue weighted by Gasteiger charge is 2.08. The molecular formula is C12H10BrIN2O. The Kier molecular flexibility index (Phi) is 3.98. The van der Waals surface area contributed by atoms with Gasteiger partial charge in [-0.25, -0.2) is 4.98 Å². The SMILES string of the molecule is CCc1nc(-c2cccc(I)c2)[nH]c(=O)c1Br. The first kappa shape index (κ1) is 12.8. The van der Waals surface area contributed by atoms with E-state index in [-0.39, 0.29) is 5.56 Å². The molecule has 0 spiro atoms. The van der Waals surface area contributed by atoms with Crippen molar-refractivity contribution in [3.8, 4) is 11.4 Å². The Balaban J connectivity index is 2.61. The third-order valence-electron chi connectivity index (χ3n) is 2.36. The Morgan fingerprint density at radius 1 is 1.47 bits per heavy atom. The van der Waals surface area contributed by atoms with E-state index in [2.05, 4.69) is 48.5 Å². The predicted octanol–water partition coefficient (Wildman–Crippen LogP) is 3.37. The summed E-state index contributed by atoms with van der Waals surface area (Å²) >= 11 is 5.49. The number of aryl methyl sites for hydroxylation is 1. The van der Waals surface area contributed by atoms with Crippen LogP contribution in [0.2, 0.25) is 0 Å². The van der Waals surface area contributed by atoms with Gasteiger partial charge in [-0.3, -0.25) is 4.79 Å². The van der Waals surface area contributed by atoms with Gasteiger partial charge in [-0.2, -0.15) is 0 Å². The molecule has 0 radical (unpaired) electrons. The van der Waals surface area contributed by atoms with E-state index in [1.165, 1.54) is 0 Å². The van der Waals surface area contributed by atoms with Crippen LogP contribution in [0.15, 0.2) is 33.5 Å². The van der Waals surface area contributed by atoms with Crippen molar-refractivity contribution in [3.63, 3.8) is 0 Å². The standard InChI is InChI=1S/C12H10BrIN2O/c1-2-9-10(13)12(17)16-11(15-9)7-4-3-5-8(14)6-7/h3-6H,2H2,1H3,(H,15,16,17). The second-order valence-corrected chi connectivity index (χ2v) is 5.58. The van der Waals surface area contributed by atoms with Crippen molar-refractivity contribution in [2.75, 3.05) is 0 Å². The fourth-order valence-electron chi connectivity index (χ4n) is 1.51. The van der Waals surface area contributed by atoms with Gasteiger partial charge in [-0.15, -0.1) is 0 Å². The van der Waals surface area contributed by atoms with Crippen molar-refractivity contribution < 1.29 is 0 Å². The van der Waals surface area contributed by atoms with Crippen molar-refractivity contribution in [2.45, 2.75) is 13.3 Å². The van der Waals surface area contributed by atoms with Crippen molar-refractivity contribution in [1.29, 1.82) is 0 Å². The predicted molar refractivity (Wildman–Crippen MR) is 80.1 cm³/mol. The number of hydrogen-bond donors (Lipinski definition) is 1. The zero-order valence-corrected chi connectivity index (χ0v) is 12.9. The monoisotopic (exact) mass is 404 g/mol. The van der Waals surface area contributed by atoms with E-state index in [0.717, 1.165) is 21.2 Å². The summed E-state index contributed by atoms with van der Waals surface area (Å²) in [6, 6.07) is 7.88. The molecule has 0 aliphatic heterocycles. The number of aromatic nitrogens is 2. The summed E-state index contributed by atoms with van der Waals surface area (Å²) in [4.78, 5) is 19.0. The average Bonchev–Trinajstić information content (AvgIpc) is 2.32. The number of hydrogen-bond acceptors (Lipinski definition) is 2. The average molecular weight is 405 g/mol. The highest BCUT2D eigenvalue weighted by atomic mass is 127. The Labute approximate surface area is 121 Å². The molecule has 1 N–H and O–H groups in total. The van der Waals surface area contributed by atoms with Gasteiger partial charge in [0.2, 0.25) is 0 Å². The maximum absolute atomic E-state index is 11.7. The Bertz CT molecular complexity index is 610. The molecule has 0 bridgehead atoms. The molecule has 17 heavy (non-hydrogen) atoms. The summed E-state index contributed by atoms with van der Waals surface area (Å²) in [7, 11) is 0. The molecule has 0 aliphatic rings. The molecule has 0 atom stereocenters. The van der Waals surface area contributed by atoms with Crippen LogP contribution in [0.5, 0.6) is 0 Å². The molecule has 0 amide bonds.